The van der Waals surface area contributed by atoms with E-state index in [4.69, 9.17) is 0 Å². The van der Waals surface area contributed by atoms with Gasteiger partial charge in [-0.05, 0) is 55.8 Å². The van der Waals surface area contributed by atoms with Crippen LogP contribution in [0, 0.1) is 5.92 Å². The first-order chi connectivity index (χ1) is 13.5. The standard InChI is InChI=1S/C23H35N3O2/c1-17(2)18-10-12-21(13-11-18)24-22(27)16-26-14-6-7-19(15-26)23(28)25-20-8-4-3-5-9-20/h10-13,17,19-20H,3-9,14-16H2,1-2H3,(H,24,27)(H,25,28). The number of nitrogens with zero attached hydrogens (tertiary/aromatic N) is 1. The van der Waals surface area contributed by atoms with Gasteiger partial charge < -0.3 is 10.6 Å². The number of carbonyl (C=O) groups is 2. The molecule has 0 bridgehead atoms. The van der Waals surface area contributed by atoms with Crippen LogP contribution in [0.2, 0.25) is 0 Å². The van der Waals surface area contributed by atoms with E-state index in [0.717, 1.165) is 37.9 Å². The smallest absolute Gasteiger partial charge is 0.238 e. The molecule has 1 aliphatic heterocycles. The summed E-state index contributed by atoms with van der Waals surface area (Å²) in [6.45, 7) is 6.22. The van der Waals surface area contributed by atoms with Crippen LogP contribution in [0.4, 0.5) is 5.69 Å². The highest BCUT2D eigenvalue weighted by Gasteiger charge is 2.28. The highest BCUT2D eigenvalue weighted by Crippen LogP contribution is 2.21. The molecule has 1 aliphatic carbocycles. The average Bonchev–Trinajstić information content (AvgIpc) is 2.69. The maximum atomic E-state index is 12.6. The molecule has 1 saturated heterocycles. The average molecular weight is 386 g/mol. The van der Waals surface area contributed by atoms with Gasteiger partial charge in [0.1, 0.15) is 0 Å². The fourth-order valence-electron chi connectivity index (χ4n) is 4.33. The number of hydrogen-bond acceptors (Lipinski definition) is 3. The van der Waals surface area contributed by atoms with Crippen LogP contribution >= 0.6 is 0 Å². The fraction of sp³-hybridized carbons (Fsp3) is 0.652. The first-order valence-corrected chi connectivity index (χ1v) is 10.9. The van der Waals surface area contributed by atoms with Crippen LogP contribution < -0.4 is 10.6 Å². The molecular formula is C23H35N3O2. The number of likely N-dealkylation sites (tertiary alicyclic amines) is 1. The SMILES string of the molecule is CC(C)c1ccc(NC(=O)CN2CCCC(C(=O)NC3CCCCC3)C2)cc1. The molecule has 3 rings (SSSR count). The molecule has 1 heterocycles. The lowest BCUT2D eigenvalue weighted by atomic mass is 9.93. The van der Waals surface area contributed by atoms with E-state index in [1.165, 1.54) is 24.8 Å². The Bertz CT molecular complexity index is 650. The largest absolute Gasteiger partial charge is 0.353 e. The summed E-state index contributed by atoms with van der Waals surface area (Å²) in [5.41, 5.74) is 2.10. The zero-order valence-electron chi connectivity index (χ0n) is 17.4. The minimum Gasteiger partial charge on any atom is -0.353 e. The number of benzene rings is 1. The summed E-state index contributed by atoms with van der Waals surface area (Å²) in [7, 11) is 0. The molecule has 1 atom stereocenters. The summed E-state index contributed by atoms with van der Waals surface area (Å²) in [4.78, 5) is 27.2. The van der Waals surface area contributed by atoms with E-state index in [0.29, 0.717) is 25.0 Å². The second-order valence-electron chi connectivity index (χ2n) is 8.74. The molecule has 2 N–H and O–H groups in total. The van der Waals surface area contributed by atoms with Crippen LogP contribution in [0.25, 0.3) is 0 Å². The van der Waals surface area contributed by atoms with E-state index >= 15 is 0 Å². The molecule has 28 heavy (non-hydrogen) atoms. The molecule has 2 fully saturated rings. The highest BCUT2D eigenvalue weighted by atomic mass is 16.2. The molecule has 5 nitrogen and oxygen atoms in total. The summed E-state index contributed by atoms with van der Waals surface area (Å²) in [5.74, 6) is 0.663. The number of nitrogens with one attached hydrogen (secondary N) is 2. The number of rotatable bonds is 6. The van der Waals surface area contributed by atoms with Gasteiger partial charge in [0, 0.05) is 18.3 Å². The van der Waals surface area contributed by atoms with E-state index in [9.17, 15) is 9.59 Å². The van der Waals surface area contributed by atoms with Crippen molar-refractivity contribution < 1.29 is 9.59 Å². The van der Waals surface area contributed by atoms with E-state index < -0.39 is 0 Å². The predicted molar refractivity (Wildman–Crippen MR) is 113 cm³/mol. The Hall–Kier alpha value is -1.88. The molecular weight excluding hydrogens is 350 g/mol. The van der Waals surface area contributed by atoms with Gasteiger partial charge in [0.05, 0.1) is 12.5 Å². The van der Waals surface area contributed by atoms with Gasteiger partial charge in [-0.3, -0.25) is 14.5 Å². The second kappa shape index (κ2) is 10.1. The summed E-state index contributed by atoms with van der Waals surface area (Å²) < 4.78 is 0. The minimum absolute atomic E-state index is 0.00815. The number of amides is 2. The van der Waals surface area contributed by atoms with E-state index in [-0.39, 0.29) is 17.7 Å². The third kappa shape index (κ3) is 6.06. The van der Waals surface area contributed by atoms with Gasteiger partial charge in [-0.25, -0.2) is 0 Å². The number of anilines is 1. The monoisotopic (exact) mass is 385 g/mol. The quantitative estimate of drug-likeness (QED) is 0.780. The Balaban J connectivity index is 1.45. The van der Waals surface area contributed by atoms with Crippen molar-refractivity contribution in [3.63, 3.8) is 0 Å². The molecule has 154 valence electrons. The molecule has 1 aromatic carbocycles. The zero-order chi connectivity index (χ0) is 19.9. The Kier molecular flexibility index (Phi) is 7.49. The van der Waals surface area contributed by atoms with Crippen molar-refractivity contribution in [2.45, 2.75) is 70.8 Å². The van der Waals surface area contributed by atoms with Crippen LogP contribution in [-0.4, -0.2) is 42.4 Å². The van der Waals surface area contributed by atoms with Gasteiger partial charge >= 0.3 is 0 Å². The Morgan fingerprint density at radius 2 is 1.75 bits per heavy atom. The molecule has 1 aromatic rings. The van der Waals surface area contributed by atoms with E-state index in [1.54, 1.807) is 0 Å². The first-order valence-electron chi connectivity index (χ1n) is 10.9. The summed E-state index contributed by atoms with van der Waals surface area (Å²) >= 11 is 0. The minimum atomic E-state index is -0.00867. The molecule has 0 spiro atoms. The Morgan fingerprint density at radius 1 is 1.04 bits per heavy atom. The molecule has 0 radical (unpaired) electrons. The van der Waals surface area contributed by atoms with Crippen LogP contribution in [0.1, 0.15) is 70.3 Å². The van der Waals surface area contributed by atoms with Crippen molar-refractivity contribution in [3.05, 3.63) is 29.8 Å². The van der Waals surface area contributed by atoms with Crippen LogP contribution in [0.3, 0.4) is 0 Å². The van der Waals surface area contributed by atoms with Crippen molar-refractivity contribution in [1.82, 2.24) is 10.2 Å². The lowest BCUT2D eigenvalue weighted by Crippen LogP contribution is -2.47. The highest BCUT2D eigenvalue weighted by molar-refractivity contribution is 5.92. The van der Waals surface area contributed by atoms with Gasteiger partial charge in [-0.1, -0.05) is 45.2 Å². The maximum Gasteiger partial charge on any atom is 0.238 e. The maximum absolute atomic E-state index is 12.6. The van der Waals surface area contributed by atoms with Gasteiger partial charge in [0.15, 0.2) is 0 Å². The number of carbonyl (C=O) groups excluding carboxylic acids is 2. The Morgan fingerprint density at radius 3 is 2.43 bits per heavy atom. The third-order valence-electron chi connectivity index (χ3n) is 6.06. The summed E-state index contributed by atoms with van der Waals surface area (Å²) in [6, 6.07) is 8.40. The van der Waals surface area contributed by atoms with Crippen molar-refractivity contribution in [2.24, 2.45) is 5.92 Å². The molecule has 1 saturated carbocycles. The van der Waals surface area contributed by atoms with Crippen molar-refractivity contribution in [1.29, 1.82) is 0 Å². The normalized spacial score (nSPS) is 21.5. The third-order valence-corrected chi connectivity index (χ3v) is 6.06. The van der Waals surface area contributed by atoms with Gasteiger partial charge in [-0.15, -0.1) is 0 Å². The van der Waals surface area contributed by atoms with Crippen molar-refractivity contribution >= 4 is 17.5 Å². The first kappa shape index (κ1) is 20.8. The summed E-state index contributed by atoms with van der Waals surface area (Å²) in [5, 5.41) is 6.23. The molecule has 2 aliphatic rings. The topological polar surface area (TPSA) is 61.4 Å². The molecule has 2 amide bonds. The Labute approximate surface area is 169 Å². The van der Waals surface area contributed by atoms with Gasteiger partial charge in [0.25, 0.3) is 0 Å². The lowest BCUT2D eigenvalue weighted by Gasteiger charge is -2.33. The van der Waals surface area contributed by atoms with Crippen LogP contribution in [-0.2, 0) is 9.59 Å². The van der Waals surface area contributed by atoms with Crippen LogP contribution in [0.15, 0.2) is 24.3 Å². The lowest BCUT2D eigenvalue weighted by molar-refractivity contribution is -0.128. The van der Waals surface area contributed by atoms with Crippen molar-refractivity contribution in [3.8, 4) is 0 Å². The summed E-state index contributed by atoms with van der Waals surface area (Å²) in [6.07, 6.45) is 7.85. The van der Waals surface area contributed by atoms with Gasteiger partial charge in [0.2, 0.25) is 11.8 Å². The molecule has 1 unspecified atom stereocenters. The molecule has 0 aromatic heterocycles. The van der Waals surface area contributed by atoms with Crippen molar-refractivity contribution in [2.75, 3.05) is 25.0 Å². The van der Waals surface area contributed by atoms with E-state index in [2.05, 4.69) is 41.5 Å². The molecule has 5 heteroatoms. The second-order valence-corrected chi connectivity index (χ2v) is 8.74. The predicted octanol–water partition coefficient (Wildman–Crippen LogP) is 3.91. The number of hydrogen-bond donors (Lipinski definition) is 2. The zero-order valence-corrected chi connectivity index (χ0v) is 17.4. The van der Waals surface area contributed by atoms with Crippen LogP contribution in [0.5, 0.6) is 0 Å². The van der Waals surface area contributed by atoms with Gasteiger partial charge in [-0.2, -0.15) is 0 Å². The number of piperidine rings is 1. The van der Waals surface area contributed by atoms with E-state index in [1.807, 2.05) is 12.1 Å². The fourth-order valence-corrected chi connectivity index (χ4v) is 4.33.